The fraction of sp³-hybridized carbons (Fsp3) is 0.800. The molecule has 1 fully saturated rings. The summed E-state index contributed by atoms with van der Waals surface area (Å²) in [5.74, 6) is 1.74. The molecular formula is C15H25N. The number of aliphatic imine (C=N–C) groups is 1. The highest BCUT2D eigenvalue weighted by Crippen LogP contribution is 2.34. The second kappa shape index (κ2) is 6.22. The minimum Gasteiger partial charge on any atom is -0.266 e. The molecule has 1 heteroatoms. The van der Waals surface area contributed by atoms with Crippen molar-refractivity contribution in [2.45, 2.75) is 64.7 Å². The maximum Gasteiger partial charge on any atom is 0.0227 e. The molecule has 0 spiro atoms. The van der Waals surface area contributed by atoms with Gasteiger partial charge in [0.15, 0.2) is 0 Å². The van der Waals surface area contributed by atoms with E-state index in [1.807, 2.05) is 6.20 Å². The van der Waals surface area contributed by atoms with Crippen molar-refractivity contribution >= 4 is 5.71 Å². The van der Waals surface area contributed by atoms with Gasteiger partial charge in [0.2, 0.25) is 0 Å². The molecule has 90 valence electrons. The number of hydrogen-bond acceptors (Lipinski definition) is 1. The van der Waals surface area contributed by atoms with Gasteiger partial charge in [-0.15, -0.1) is 0 Å². The van der Waals surface area contributed by atoms with Crippen molar-refractivity contribution in [2.75, 3.05) is 0 Å². The lowest BCUT2D eigenvalue weighted by Crippen LogP contribution is -2.26. The minimum atomic E-state index is 0.801. The summed E-state index contributed by atoms with van der Waals surface area (Å²) >= 11 is 0. The van der Waals surface area contributed by atoms with Crippen LogP contribution in [0.25, 0.3) is 0 Å². The Morgan fingerprint density at radius 1 is 1.31 bits per heavy atom. The molecule has 0 N–H and O–H groups in total. The molecule has 1 atom stereocenters. The van der Waals surface area contributed by atoms with Gasteiger partial charge in [0, 0.05) is 17.8 Å². The summed E-state index contributed by atoms with van der Waals surface area (Å²) in [5, 5.41) is 0. The van der Waals surface area contributed by atoms with Crippen LogP contribution in [-0.4, -0.2) is 5.71 Å². The van der Waals surface area contributed by atoms with Crippen molar-refractivity contribution in [3.8, 4) is 0 Å². The Morgan fingerprint density at radius 2 is 2.12 bits per heavy atom. The normalized spacial score (nSPS) is 24.2. The lowest BCUT2D eigenvalue weighted by molar-refractivity contribution is 0.285. The van der Waals surface area contributed by atoms with Gasteiger partial charge in [-0.25, -0.2) is 0 Å². The first kappa shape index (κ1) is 11.9. The topological polar surface area (TPSA) is 12.4 Å². The zero-order chi connectivity index (χ0) is 11.2. The average Bonchev–Trinajstić information content (AvgIpc) is 2.38. The molecule has 1 aliphatic carbocycles. The Bertz CT molecular complexity index is 259. The van der Waals surface area contributed by atoms with Crippen LogP contribution >= 0.6 is 0 Å². The van der Waals surface area contributed by atoms with Crippen molar-refractivity contribution in [3.63, 3.8) is 0 Å². The molecule has 0 bridgehead atoms. The van der Waals surface area contributed by atoms with Crippen LogP contribution in [0.3, 0.4) is 0 Å². The van der Waals surface area contributed by atoms with Gasteiger partial charge < -0.3 is 0 Å². The molecule has 0 aromatic rings. The number of hydrogen-bond donors (Lipinski definition) is 0. The monoisotopic (exact) mass is 219 g/mol. The Kier molecular flexibility index (Phi) is 4.62. The second-order valence-electron chi connectivity index (χ2n) is 5.34. The largest absolute Gasteiger partial charge is 0.266 e. The van der Waals surface area contributed by atoms with Crippen molar-refractivity contribution in [1.29, 1.82) is 0 Å². The quantitative estimate of drug-likeness (QED) is 0.648. The SMILES string of the molecule is CCCC(C1=NC=CCC1)C1CCCCC1. The van der Waals surface area contributed by atoms with Gasteiger partial charge in [0.1, 0.15) is 0 Å². The Morgan fingerprint density at radius 3 is 2.75 bits per heavy atom. The van der Waals surface area contributed by atoms with Crippen LogP contribution in [0, 0.1) is 11.8 Å². The molecule has 0 aromatic heterocycles. The highest BCUT2D eigenvalue weighted by molar-refractivity contribution is 5.88. The van der Waals surface area contributed by atoms with E-state index in [0.717, 1.165) is 11.8 Å². The first-order chi connectivity index (χ1) is 7.92. The molecule has 1 nitrogen and oxygen atoms in total. The van der Waals surface area contributed by atoms with E-state index in [9.17, 15) is 0 Å². The zero-order valence-corrected chi connectivity index (χ0v) is 10.6. The van der Waals surface area contributed by atoms with Crippen LogP contribution in [0.15, 0.2) is 17.3 Å². The molecule has 0 aromatic carbocycles. The summed E-state index contributed by atoms with van der Waals surface area (Å²) in [6, 6.07) is 0. The third-order valence-electron chi connectivity index (χ3n) is 4.16. The van der Waals surface area contributed by atoms with E-state index in [0.29, 0.717) is 0 Å². The smallest absolute Gasteiger partial charge is 0.0227 e. The van der Waals surface area contributed by atoms with Gasteiger partial charge >= 0.3 is 0 Å². The molecule has 16 heavy (non-hydrogen) atoms. The molecular weight excluding hydrogens is 194 g/mol. The van der Waals surface area contributed by atoms with Gasteiger partial charge in [-0.05, 0) is 38.0 Å². The van der Waals surface area contributed by atoms with E-state index in [1.54, 1.807) is 0 Å². The third-order valence-corrected chi connectivity index (χ3v) is 4.16. The van der Waals surface area contributed by atoms with Crippen molar-refractivity contribution < 1.29 is 0 Å². The van der Waals surface area contributed by atoms with Crippen LogP contribution in [-0.2, 0) is 0 Å². The van der Waals surface area contributed by atoms with Gasteiger partial charge in [-0.1, -0.05) is 38.7 Å². The lowest BCUT2D eigenvalue weighted by atomic mass is 9.75. The fourth-order valence-electron chi connectivity index (χ4n) is 3.32. The van der Waals surface area contributed by atoms with E-state index in [2.05, 4.69) is 18.0 Å². The summed E-state index contributed by atoms with van der Waals surface area (Å²) in [6.07, 6.45) is 16.6. The first-order valence-electron chi connectivity index (χ1n) is 7.13. The van der Waals surface area contributed by atoms with Crippen molar-refractivity contribution in [1.82, 2.24) is 0 Å². The summed E-state index contributed by atoms with van der Waals surface area (Å²) in [7, 11) is 0. The summed E-state index contributed by atoms with van der Waals surface area (Å²) < 4.78 is 0. The van der Waals surface area contributed by atoms with E-state index >= 15 is 0 Å². The van der Waals surface area contributed by atoms with Crippen LogP contribution < -0.4 is 0 Å². The molecule has 1 unspecified atom stereocenters. The molecule has 2 rings (SSSR count). The predicted molar refractivity (Wildman–Crippen MR) is 70.8 cm³/mol. The Hall–Kier alpha value is -0.590. The van der Waals surface area contributed by atoms with Gasteiger partial charge in [0.25, 0.3) is 0 Å². The standard InChI is InChI=1S/C15H25N/c1-2-8-14(13-9-4-3-5-10-13)15-11-6-7-12-16-15/h7,12-14H,2-6,8-11H2,1H3. The molecule has 0 saturated heterocycles. The van der Waals surface area contributed by atoms with E-state index in [-0.39, 0.29) is 0 Å². The molecule has 1 aliphatic heterocycles. The summed E-state index contributed by atoms with van der Waals surface area (Å²) in [5.41, 5.74) is 1.51. The van der Waals surface area contributed by atoms with Crippen LogP contribution in [0.2, 0.25) is 0 Å². The number of allylic oxidation sites excluding steroid dienone is 1. The predicted octanol–water partition coefficient (Wildman–Crippen LogP) is 4.73. The average molecular weight is 219 g/mol. The molecule has 1 heterocycles. The van der Waals surface area contributed by atoms with Crippen LogP contribution in [0.5, 0.6) is 0 Å². The maximum atomic E-state index is 4.66. The number of nitrogens with zero attached hydrogens (tertiary/aromatic N) is 1. The first-order valence-corrected chi connectivity index (χ1v) is 7.13. The molecule has 1 saturated carbocycles. The molecule has 0 radical (unpaired) electrons. The minimum absolute atomic E-state index is 0.801. The van der Waals surface area contributed by atoms with Crippen molar-refractivity contribution in [3.05, 3.63) is 12.3 Å². The van der Waals surface area contributed by atoms with Crippen LogP contribution in [0.4, 0.5) is 0 Å². The van der Waals surface area contributed by atoms with E-state index < -0.39 is 0 Å². The highest BCUT2D eigenvalue weighted by atomic mass is 14.7. The zero-order valence-electron chi connectivity index (χ0n) is 10.6. The molecule has 2 aliphatic rings. The van der Waals surface area contributed by atoms with Gasteiger partial charge in [-0.3, -0.25) is 4.99 Å². The second-order valence-corrected chi connectivity index (χ2v) is 5.34. The summed E-state index contributed by atoms with van der Waals surface area (Å²) in [6.45, 7) is 2.31. The third kappa shape index (κ3) is 2.96. The Balaban J connectivity index is 2.02. The van der Waals surface area contributed by atoms with Gasteiger partial charge in [-0.2, -0.15) is 0 Å². The van der Waals surface area contributed by atoms with E-state index in [1.165, 1.54) is 63.5 Å². The highest BCUT2D eigenvalue weighted by Gasteiger charge is 2.26. The lowest BCUT2D eigenvalue weighted by Gasteiger charge is -2.31. The van der Waals surface area contributed by atoms with Crippen molar-refractivity contribution in [2.24, 2.45) is 16.8 Å². The van der Waals surface area contributed by atoms with Crippen LogP contribution in [0.1, 0.15) is 64.7 Å². The number of rotatable bonds is 4. The van der Waals surface area contributed by atoms with E-state index in [4.69, 9.17) is 0 Å². The fourth-order valence-corrected chi connectivity index (χ4v) is 3.32. The maximum absolute atomic E-state index is 4.66. The van der Waals surface area contributed by atoms with Gasteiger partial charge in [0.05, 0.1) is 0 Å². The molecule has 0 amide bonds. The summed E-state index contributed by atoms with van der Waals surface area (Å²) in [4.78, 5) is 4.66. The Labute approximate surface area is 100 Å².